The molecule has 1 aromatic heterocycles. The van der Waals surface area contributed by atoms with Crippen molar-refractivity contribution in [2.24, 2.45) is 16.7 Å². The van der Waals surface area contributed by atoms with Crippen molar-refractivity contribution in [3.05, 3.63) is 28.5 Å². The second-order valence-corrected chi connectivity index (χ2v) is 9.53. The summed E-state index contributed by atoms with van der Waals surface area (Å²) in [5.41, 5.74) is 2.67. The first-order valence-corrected chi connectivity index (χ1v) is 9.04. The summed E-state index contributed by atoms with van der Waals surface area (Å²) in [5.74, 6) is 0.944. The minimum absolute atomic E-state index is 0.368. The monoisotopic (exact) mass is 348 g/mol. The van der Waals surface area contributed by atoms with Gasteiger partial charge in [0.05, 0.1) is 5.69 Å². The third kappa shape index (κ3) is 2.57. The Kier molecular flexibility index (Phi) is 3.07. The standard InChI is InChI=1S/C18H25BrN2/c1-16-6-13-7-17(2,10-16)12-18(8-13,11-16)20-9-14-4-3-5-15(19)21-14/h3-5,13,20H,6-12H2,1-2H3. The van der Waals surface area contributed by atoms with Crippen LogP contribution in [0.15, 0.2) is 22.8 Å². The maximum Gasteiger partial charge on any atom is 0.106 e. The van der Waals surface area contributed by atoms with Crippen molar-refractivity contribution < 1.29 is 0 Å². The molecule has 2 nitrogen and oxygen atoms in total. The lowest BCUT2D eigenvalue weighted by molar-refractivity contribution is -0.118. The van der Waals surface area contributed by atoms with Crippen molar-refractivity contribution >= 4 is 15.9 Å². The van der Waals surface area contributed by atoms with Crippen LogP contribution in [0.25, 0.3) is 0 Å². The van der Waals surface area contributed by atoms with E-state index in [0.717, 1.165) is 22.8 Å². The van der Waals surface area contributed by atoms with Gasteiger partial charge in [-0.25, -0.2) is 4.98 Å². The predicted octanol–water partition coefficient (Wildman–Crippen LogP) is 4.68. The van der Waals surface area contributed by atoms with Crippen LogP contribution in [0.5, 0.6) is 0 Å². The van der Waals surface area contributed by atoms with E-state index in [1.807, 2.05) is 6.07 Å². The Balaban J connectivity index is 1.54. The Morgan fingerprint density at radius 1 is 1.14 bits per heavy atom. The van der Waals surface area contributed by atoms with Crippen LogP contribution in [0.3, 0.4) is 0 Å². The molecule has 2 unspecified atom stereocenters. The smallest absolute Gasteiger partial charge is 0.106 e. The molecule has 1 N–H and O–H groups in total. The van der Waals surface area contributed by atoms with Gasteiger partial charge in [0.25, 0.3) is 0 Å². The molecule has 4 saturated carbocycles. The van der Waals surface area contributed by atoms with Crippen molar-refractivity contribution in [3.8, 4) is 0 Å². The molecule has 0 amide bonds. The van der Waals surface area contributed by atoms with Gasteiger partial charge in [-0.3, -0.25) is 0 Å². The average molecular weight is 349 g/mol. The largest absolute Gasteiger partial charge is 0.306 e. The van der Waals surface area contributed by atoms with E-state index in [1.165, 1.54) is 38.5 Å². The van der Waals surface area contributed by atoms with Gasteiger partial charge in [-0.2, -0.15) is 0 Å². The van der Waals surface area contributed by atoms with E-state index in [4.69, 9.17) is 0 Å². The fourth-order valence-corrected chi connectivity index (χ4v) is 6.85. The van der Waals surface area contributed by atoms with Crippen molar-refractivity contribution in [2.75, 3.05) is 0 Å². The summed E-state index contributed by atoms with van der Waals surface area (Å²) in [7, 11) is 0. The maximum absolute atomic E-state index is 4.58. The summed E-state index contributed by atoms with van der Waals surface area (Å²) in [6.45, 7) is 5.96. The number of nitrogens with zero attached hydrogens (tertiary/aromatic N) is 1. The van der Waals surface area contributed by atoms with E-state index in [2.05, 4.69) is 52.2 Å². The molecule has 4 aliphatic rings. The molecule has 1 heterocycles. The van der Waals surface area contributed by atoms with Crippen LogP contribution in [0.1, 0.15) is 58.1 Å². The average Bonchev–Trinajstić information content (AvgIpc) is 2.32. The van der Waals surface area contributed by atoms with Gasteiger partial charge >= 0.3 is 0 Å². The summed E-state index contributed by atoms with van der Waals surface area (Å²) >= 11 is 3.47. The minimum atomic E-state index is 0.368. The molecule has 114 valence electrons. The van der Waals surface area contributed by atoms with Gasteiger partial charge in [0.2, 0.25) is 0 Å². The Bertz CT molecular complexity index is 552. The molecule has 1 aromatic rings. The molecular weight excluding hydrogens is 324 g/mol. The first-order chi connectivity index (χ1) is 9.88. The quantitative estimate of drug-likeness (QED) is 0.802. The highest BCUT2D eigenvalue weighted by Crippen LogP contribution is 2.66. The molecule has 4 aliphatic carbocycles. The molecule has 0 saturated heterocycles. The van der Waals surface area contributed by atoms with Crippen molar-refractivity contribution in [1.82, 2.24) is 10.3 Å². The number of rotatable bonds is 3. The summed E-state index contributed by atoms with van der Waals surface area (Å²) in [4.78, 5) is 4.58. The SMILES string of the molecule is CC12CC3CC(C)(C1)CC(NCc1cccc(Br)n1)(C3)C2. The molecule has 0 spiro atoms. The predicted molar refractivity (Wildman–Crippen MR) is 88.9 cm³/mol. The van der Waals surface area contributed by atoms with Crippen LogP contribution in [-0.2, 0) is 6.54 Å². The maximum atomic E-state index is 4.58. The van der Waals surface area contributed by atoms with Gasteiger partial charge in [-0.1, -0.05) is 19.9 Å². The number of hydrogen-bond donors (Lipinski definition) is 1. The van der Waals surface area contributed by atoms with Crippen molar-refractivity contribution in [2.45, 2.75) is 64.5 Å². The molecule has 5 rings (SSSR count). The number of halogens is 1. The number of nitrogens with one attached hydrogen (secondary N) is 1. The molecule has 21 heavy (non-hydrogen) atoms. The number of pyridine rings is 1. The summed E-state index contributed by atoms with van der Waals surface area (Å²) in [6, 6.07) is 6.20. The Morgan fingerprint density at radius 2 is 1.86 bits per heavy atom. The molecule has 0 aromatic carbocycles. The summed E-state index contributed by atoms with van der Waals surface area (Å²) < 4.78 is 0.936. The van der Waals surface area contributed by atoms with Crippen molar-refractivity contribution in [1.29, 1.82) is 0 Å². The van der Waals surface area contributed by atoms with Crippen LogP contribution >= 0.6 is 15.9 Å². The molecule has 4 bridgehead atoms. The third-order valence-electron chi connectivity index (χ3n) is 6.04. The molecule has 3 heteroatoms. The van der Waals surface area contributed by atoms with Crippen LogP contribution in [0, 0.1) is 16.7 Å². The van der Waals surface area contributed by atoms with Gasteiger partial charge in [0.1, 0.15) is 4.60 Å². The summed E-state index contributed by atoms with van der Waals surface area (Å²) in [6.07, 6.45) is 8.46. The van der Waals surface area contributed by atoms with Crippen LogP contribution < -0.4 is 5.32 Å². The van der Waals surface area contributed by atoms with E-state index < -0.39 is 0 Å². The van der Waals surface area contributed by atoms with E-state index >= 15 is 0 Å². The number of hydrogen-bond acceptors (Lipinski definition) is 2. The van der Waals surface area contributed by atoms with Crippen LogP contribution in [-0.4, -0.2) is 10.5 Å². The highest BCUT2D eigenvalue weighted by atomic mass is 79.9. The Morgan fingerprint density at radius 3 is 2.48 bits per heavy atom. The first kappa shape index (κ1) is 14.2. The van der Waals surface area contributed by atoms with E-state index in [0.29, 0.717) is 16.4 Å². The molecule has 2 atom stereocenters. The zero-order valence-corrected chi connectivity index (χ0v) is 14.7. The van der Waals surface area contributed by atoms with Gasteiger partial charge in [0, 0.05) is 12.1 Å². The molecule has 0 radical (unpaired) electrons. The Labute approximate surface area is 136 Å². The summed E-state index contributed by atoms with van der Waals surface area (Å²) in [5, 5.41) is 3.94. The lowest BCUT2D eigenvalue weighted by atomic mass is 9.43. The lowest BCUT2D eigenvalue weighted by Crippen LogP contribution is -2.63. The Hall–Kier alpha value is -0.410. The van der Waals surface area contributed by atoms with E-state index in [9.17, 15) is 0 Å². The molecule has 4 fully saturated rings. The fraction of sp³-hybridized carbons (Fsp3) is 0.722. The van der Waals surface area contributed by atoms with Gasteiger partial charge in [0.15, 0.2) is 0 Å². The highest BCUT2D eigenvalue weighted by molar-refractivity contribution is 9.10. The van der Waals surface area contributed by atoms with Gasteiger partial charge in [-0.15, -0.1) is 0 Å². The lowest BCUT2D eigenvalue weighted by Gasteiger charge is -2.65. The van der Waals surface area contributed by atoms with Gasteiger partial charge in [-0.05, 0) is 83.3 Å². The van der Waals surface area contributed by atoms with Gasteiger partial charge < -0.3 is 5.32 Å². The third-order valence-corrected chi connectivity index (χ3v) is 6.49. The first-order valence-electron chi connectivity index (χ1n) is 8.24. The molecular formula is C18H25BrN2. The second-order valence-electron chi connectivity index (χ2n) is 8.72. The zero-order valence-electron chi connectivity index (χ0n) is 13.1. The van der Waals surface area contributed by atoms with Crippen LogP contribution in [0.4, 0.5) is 0 Å². The van der Waals surface area contributed by atoms with E-state index in [-0.39, 0.29) is 0 Å². The molecule has 0 aliphatic heterocycles. The topological polar surface area (TPSA) is 24.9 Å². The highest BCUT2D eigenvalue weighted by Gasteiger charge is 2.59. The van der Waals surface area contributed by atoms with Crippen LogP contribution in [0.2, 0.25) is 0 Å². The number of aromatic nitrogens is 1. The normalized spacial score (nSPS) is 44.2. The zero-order chi connectivity index (χ0) is 14.7. The fourth-order valence-electron chi connectivity index (χ4n) is 6.47. The second kappa shape index (κ2) is 4.55. The minimum Gasteiger partial charge on any atom is -0.306 e. The van der Waals surface area contributed by atoms with E-state index in [1.54, 1.807) is 0 Å². The van der Waals surface area contributed by atoms with Crippen molar-refractivity contribution in [3.63, 3.8) is 0 Å².